The molecule has 4 aromatic rings. The van der Waals surface area contributed by atoms with Crippen molar-refractivity contribution in [2.45, 2.75) is 19.8 Å². The molecule has 0 radical (unpaired) electrons. The second-order valence-corrected chi connectivity index (χ2v) is 7.79. The quantitative estimate of drug-likeness (QED) is 0.459. The fourth-order valence-electron chi connectivity index (χ4n) is 4.06. The molecule has 32 heavy (non-hydrogen) atoms. The number of imide groups is 1. The number of rotatable bonds is 5. The van der Waals surface area contributed by atoms with Crippen LogP contribution < -0.4 is 5.56 Å². The zero-order valence-electron chi connectivity index (χ0n) is 17.5. The van der Waals surface area contributed by atoms with Crippen LogP contribution in [0.3, 0.4) is 0 Å². The number of carbonyl (C=O) groups excluding carboxylic acids is 2. The van der Waals surface area contributed by atoms with Gasteiger partial charge in [0.15, 0.2) is 0 Å². The molecule has 7 heteroatoms. The Morgan fingerprint density at radius 1 is 0.875 bits per heavy atom. The molecule has 0 atom stereocenters. The van der Waals surface area contributed by atoms with E-state index in [0.29, 0.717) is 46.5 Å². The lowest BCUT2D eigenvalue weighted by atomic mass is 10.1. The van der Waals surface area contributed by atoms with Gasteiger partial charge in [-0.3, -0.25) is 19.3 Å². The van der Waals surface area contributed by atoms with Crippen LogP contribution in [-0.4, -0.2) is 37.8 Å². The van der Waals surface area contributed by atoms with Crippen molar-refractivity contribution in [2.75, 3.05) is 6.54 Å². The van der Waals surface area contributed by atoms with E-state index in [-0.39, 0.29) is 23.9 Å². The Morgan fingerprint density at radius 2 is 1.56 bits per heavy atom. The third-order valence-electron chi connectivity index (χ3n) is 5.64. The number of aromatic nitrogens is 3. The van der Waals surface area contributed by atoms with E-state index < -0.39 is 0 Å². The summed E-state index contributed by atoms with van der Waals surface area (Å²) in [6, 6.07) is 17.7. The highest BCUT2D eigenvalue weighted by Crippen LogP contribution is 2.23. The maximum atomic E-state index is 13.3. The molecular formula is C25H20N4O3. The van der Waals surface area contributed by atoms with E-state index in [0.717, 1.165) is 5.56 Å². The fraction of sp³-hybridized carbons (Fsp3) is 0.160. The van der Waals surface area contributed by atoms with Crippen molar-refractivity contribution >= 4 is 22.7 Å². The van der Waals surface area contributed by atoms with E-state index in [1.807, 2.05) is 25.1 Å². The van der Waals surface area contributed by atoms with Crippen LogP contribution in [-0.2, 0) is 6.42 Å². The van der Waals surface area contributed by atoms with Crippen molar-refractivity contribution < 1.29 is 9.59 Å². The average molecular weight is 424 g/mol. The summed E-state index contributed by atoms with van der Waals surface area (Å²) in [7, 11) is 0. The van der Waals surface area contributed by atoms with E-state index in [1.54, 1.807) is 48.7 Å². The smallest absolute Gasteiger partial charge is 0.267 e. The van der Waals surface area contributed by atoms with Crippen LogP contribution in [0.4, 0.5) is 0 Å². The van der Waals surface area contributed by atoms with Crippen molar-refractivity contribution in [1.82, 2.24) is 19.4 Å². The van der Waals surface area contributed by atoms with Crippen molar-refractivity contribution in [3.05, 3.63) is 99.7 Å². The van der Waals surface area contributed by atoms with E-state index in [2.05, 4.69) is 4.98 Å². The van der Waals surface area contributed by atoms with Gasteiger partial charge in [-0.1, -0.05) is 24.3 Å². The molecule has 158 valence electrons. The molecule has 5 rings (SSSR count). The second kappa shape index (κ2) is 7.85. The normalized spacial score (nSPS) is 13.1. The number of aryl methyl sites for hydroxylation is 2. The van der Waals surface area contributed by atoms with Gasteiger partial charge in [0.2, 0.25) is 0 Å². The Bertz CT molecular complexity index is 1410. The monoisotopic (exact) mass is 424 g/mol. The van der Waals surface area contributed by atoms with Gasteiger partial charge in [0.1, 0.15) is 11.6 Å². The zero-order chi connectivity index (χ0) is 22.2. The Balaban J connectivity index is 1.47. The Kier molecular flexibility index (Phi) is 4.86. The number of carbonyl (C=O) groups is 2. The first-order chi connectivity index (χ1) is 15.5. The molecule has 2 aromatic heterocycles. The topological polar surface area (TPSA) is 85.2 Å². The minimum absolute atomic E-state index is 0.190. The van der Waals surface area contributed by atoms with Crippen LogP contribution in [0.15, 0.2) is 71.7 Å². The van der Waals surface area contributed by atoms with Gasteiger partial charge in [0, 0.05) is 19.2 Å². The van der Waals surface area contributed by atoms with Gasteiger partial charge in [-0.05, 0) is 55.3 Å². The van der Waals surface area contributed by atoms with Crippen molar-refractivity contribution in [3.63, 3.8) is 0 Å². The van der Waals surface area contributed by atoms with Crippen molar-refractivity contribution in [2.24, 2.45) is 0 Å². The van der Waals surface area contributed by atoms with Gasteiger partial charge in [0.05, 0.1) is 22.0 Å². The molecule has 0 fully saturated rings. The Hall–Kier alpha value is -4.13. The highest BCUT2D eigenvalue weighted by Gasteiger charge is 2.34. The maximum absolute atomic E-state index is 13.3. The molecule has 0 aliphatic carbocycles. The molecule has 3 heterocycles. The number of amides is 2. The Morgan fingerprint density at radius 3 is 2.28 bits per heavy atom. The van der Waals surface area contributed by atoms with E-state index in [9.17, 15) is 14.4 Å². The number of para-hydroxylation sites is 1. The summed E-state index contributed by atoms with van der Waals surface area (Å²) in [4.78, 5) is 48.9. The molecule has 2 amide bonds. The maximum Gasteiger partial charge on any atom is 0.267 e. The number of pyridine rings is 1. The van der Waals surface area contributed by atoms with Gasteiger partial charge >= 0.3 is 0 Å². The minimum Gasteiger partial charge on any atom is -0.274 e. The summed E-state index contributed by atoms with van der Waals surface area (Å²) in [5.41, 5.74) is 2.26. The summed E-state index contributed by atoms with van der Waals surface area (Å²) in [5, 5.41) is 0.514. The molecule has 0 saturated heterocycles. The number of hydrogen-bond donors (Lipinski definition) is 0. The van der Waals surface area contributed by atoms with Crippen LogP contribution in [0.5, 0.6) is 0 Å². The fourth-order valence-corrected chi connectivity index (χ4v) is 4.06. The van der Waals surface area contributed by atoms with Crippen LogP contribution in [0.25, 0.3) is 16.7 Å². The van der Waals surface area contributed by atoms with E-state index in [4.69, 9.17) is 4.98 Å². The summed E-state index contributed by atoms with van der Waals surface area (Å²) < 4.78 is 1.53. The molecular weight excluding hydrogens is 404 g/mol. The summed E-state index contributed by atoms with van der Waals surface area (Å²) in [5.74, 6) is 0.483. The first kappa shape index (κ1) is 19.8. The van der Waals surface area contributed by atoms with Crippen LogP contribution in [0.2, 0.25) is 0 Å². The lowest BCUT2D eigenvalue weighted by molar-refractivity contribution is 0.0652. The summed E-state index contributed by atoms with van der Waals surface area (Å²) in [6.45, 7) is 2.18. The third kappa shape index (κ3) is 3.28. The van der Waals surface area contributed by atoms with Gasteiger partial charge in [0.25, 0.3) is 17.4 Å². The first-order valence-electron chi connectivity index (χ1n) is 10.4. The standard InChI is InChI=1S/C25H20N4O3/c1-16-12-13-26-22(15-16)29-21(27-20-10-5-4-9-19(20)25(29)32)11-6-14-28-23(30)17-7-2-3-8-18(17)24(28)31/h2-5,7-10,12-13,15H,6,11,14H2,1H3. The number of nitrogens with zero attached hydrogens (tertiary/aromatic N) is 4. The predicted molar refractivity (Wildman–Crippen MR) is 120 cm³/mol. The van der Waals surface area contributed by atoms with Gasteiger partial charge in [-0.15, -0.1) is 0 Å². The van der Waals surface area contributed by atoms with E-state index >= 15 is 0 Å². The number of hydrogen-bond acceptors (Lipinski definition) is 5. The van der Waals surface area contributed by atoms with Crippen LogP contribution >= 0.6 is 0 Å². The molecule has 0 saturated carbocycles. The van der Waals surface area contributed by atoms with Crippen molar-refractivity contribution in [1.29, 1.82) is 0 Å². The lowest BCUT2D eigenvalue weighted by Gasteiger charge is -2.16. The number of fused-ring (bicyclic) bond motifs is 2. The average Bonchev–Trinajstić information content (AvgIpc) is 3.04. The number of benzene rings is 2. The SMILES string of the molecule is Cc1ccnc(-n2c(CCCN3C(=O)c4ccccc4C3=O)nc3ccccc3c2=O)c1. The molecule has 1 aliphatic rings. The predicted octanol–water partition coefficient (Wildman–Crippen LogP) is 3.32. The van der Waals surface area contributed by atoms with Gasteiger partial charge < -0.3 is 0 Å². The third-order valence-corrected chi connectivity index (χ3v) is 5.64. The molecule has 0 bridgehead atoms. The molecule has 0 spiro atoms. The molecule has 2 aromatic carbocycles. The minimum atomic E-state index is -0.283. The van der Waals surface area contributed by atoms with Gasteiger partial charge in [-0.2, -0.15) is 0 Å². The molecule has 7 nitrogen and oxygen atoms in total. The zero-order valence-corrected chi connectivity index (χ0v) is 17.5. The largest absolute Gasteiger partial charge is 0.274 e. The molecule has 0 N–H and O–H groups in total. The molecule has 1 aliphatic heterocycles. The van der Waals surface area contributed by atoms with Crippen LogP contribution in [0.1, 0.15) is 38.5 Å². The van der Waals surface area contributed by atoms with Crippen molar-refractivity contribution in [3.8, 4) is 5.82 Å². The first-order valence-corrected chi connectivity index (χ1v) is 10.4. The highest BCUT2D eigenvalue weighted by atomic mass is 16.2. The summed E-state index contributed by atoms with van der Waals surface area (Å²) >= 11 is 0. The molecule has 0 unspecified atom stereocenters. The van der Waals surface area contributed by atoms with Crippen LogP contribution in [0, 0.1) is 6.92 Å². The Labute approximate surface area is 184 Å². The highest BCUT2D eigenvalue weighted by molar-refractivity contribution is 6.21. The van der Waals surface area contributed by atoms with Gasteiger partial charge in [-0.25, -0.2) is 14.5 Å². The lowest BCUT2D eigenvalue weighted by Crippen LogP contribution is -2.31. The second-order valence-electron chi connectivity index (χ2n) is 7.79. The van der Waals surface area contributed by atoms with E-state index in [1.165, 1.54) is 9.47 Å². The summed E-state index contributed by atoms with van der Waals surface area (Å²) in [6.07, 6.45) is 2.54.